The number of benzene rings is 3. The molecule has 1 unspecified atom stereocenters. The summed E-state index contributed by atoms with van der Waals surface area (Å²) >= 11 is 0. The summed E-state index contributed by atoms with van der Waals surface area (Å²) in [7, 11) is 1.31. The van der Waals surface area contributed by atoms with E-state index in [1.54, 1.807) is 0 Å². The third-order valence-corrected chi connectivity index (χ3v) is 6.40. The first-order chi connectivity index (χ1) is 21.6. The van der Waals surface area contributed by atoms with Gasteiger partial charge in [0.05, 0.1) is 72.6 Å². The van der Waals surface area contributed by atoms with Crippen LogP contribution in [0.3, 0.4) is 0 Å². The fourth-order valence-electron chi connectivity index (χ4n) is 4.27. The SMILES string of the molecule is CCC(NC(=O)CN)c1ccc(-c2ccc(OCCOCCOCCOCCOCCN)c3ccccc23)cc1.COC=O. The Labute approximate surface area is 260 Å². The molecule has 3 aromatic carbocycles. The zero-order valence-corrected chi connectivity index (χ0v) is 25.8. The second-order valence-corrected chi connectivity index (χ2v) is 9.43. The number of carbonyl (C=O) groups is 2. The van der Waals surface area contributed by atoms with Gasteiger partial charge in [0, 0.05) is 11.9 Å². The molecule has 0 heterocycles. The van der Waals surface area contributed by atoms with Crippen molar-refractivity contribution >= 4 is 23.2 Å². The third kappa shape index (κ3) is 13.4. The Hall–Kier alpha value is -3.58. The zero-order chi connectivity index (χ0) is 31.8. The van der Waals surface area contributed by atoms with E-state index in [1.807, 2.05) is 25.1 Å². The number of rotatable bonds is 21. The van der Waals surface area contributed by atoms with E-state index >= 15 is 0 Å². The molecule has 0 aliphatic carbocycles. The van der Waals surface area contributed by atoms with E-state index in [-0.39, 0.29) is 18.5 Å². The highest BCUT2D eigenvalue weighted by atomic mass is 16.6. The summed E-state index contributed by atoms with van der Waals surface area (Å²) < 4.78 is 31.7. The van der Waals surface area contributed by atoms with Gasteiger partial charge in [-0.05, 0) is 34.6 Å². The quantitative estimate of drug-likeness (QED) is 0.121. The molecule has 3 aromatic rings. The topological polar surface area (TPSA) is 154 Å². The lowest BCUT2D eigenvalue weighted by Gasteiger charge is -2.18. The third-order valence-electron chi connectivity index (χ3n) is 6.40. The average molecular weight is 614 g/mol. The van der Waals surface area contributed by atoms with Crippen molar-refractivity contribution in [3.8, 4) is 16.9 Å². The lowest BCUT2D eigenvalue weighted by Crippen LogP contribution is -2.33. The molecule has 0 spiro atoms. The van der Waals surface area contributed by atoms with Gasteiger partial charge < -0.3 is 45.2 Å². The van der Waals surface area contributed by atoms with Crippen LogP contribution in [0.1, 0.15) is 24.9 Å². The predicted octanol–water partition coefficient (Wildman–Crippen LogP) is 3.23. The smallest absolute Gasteiger partial charge is 0.292 e. The van der Waals surface area contributed by atoms with E-state index in [4.69, 9.17) is 39.9 Å². The van der Waals surface area contributed by atoms with Gasteiger partial charge in [-0.15, -0.1) is 0 Å². The van der Waals surface area contributed by atoms with Gasteiger partial charge in [-0.2, -0.15) is 0 Å². The lowest BCUT2D eigenvalue weighted by molar-refractivity contribution is -0.126. The van der Waals surface area contributed by atoms with Crippen molar-refractivity contribution in [2.45, 2.75) is 19.4 Å². The fourth-order valence-corrected chi connectivity index (χ4v) is 4.27. The van der Waals surface area contributed by atoms with Crippen LogP contribution >= 0.6 is 0 Å². The Morgan fingerprint density at radius 1 is 0.773 bits per heavy atom. The van der Waals surface area contributed by atoms with Crippen molar-refractivity contribution in [2.75, 3.05) is 79.7 Å². The van der Waals surface area contributed by atoms with Gasteiger partial charge in [-0.1, -0.05) is 61.5 Å². The van der Waals surface area contributed by atoms with Crippen LogP contribution in [0.4, 0.5) is 0 Å². The second kappa shape index (κ2) is 22.9. The number of carbonyl (C=O) groups excluding carboxylic acids is 2. The van der Waals surface area contributed by atoms with Crippen molar-refractivity contribution in [2.24, 2.45) is 11.5 Å². The minimum Gasteiger partial charge on any atom is -0.491 e. The standard InChI is InChI=1S/C31H43N3O6.C2H4O2/c1-2-29(34-31(35)23-33)25-9-7-24(8-10-25)26-11-12-30(28-6-4-3-5-27(26)28)40-22-21-39-20-19-38-18-17-37-16-15-36-14-13-32;1-4-2-3/h3-12,29H,2,13-23,32-33H2,1H3,(H,34,35);2H,1H3. The normalized spacial score (nSPS) is 11.4. The summed E-state index contributed by atoms with van der Waals surface area (Å²) in [5, 5.41) is 5.13. The number of hydrogen-bond donors (Lipinski definition) is 3. The molecular formula is C33H47N3O8. The molecule has 11 heteroatoms. The maximum Gasteiger partial charge on any atom is 0.292 e. The van der Waals surface area contributed by atoms with Crippen LogP contribution in [-0.2, 0) is 33.3 Å². The lowest BCUT2D eigenvalue weighted by atomic mass is 9.95. The first-order valence-electron chi connectivity index (χ1n) is 14.8. The van der Waals surface area contributed by atoms with Crippen LogP contribution < -0.4 is 21.5 Å². The first-order valence-corrected chi connectivity index (χ1v) is 14.8. The van der Waals surface area contributed by atoms with E-state index in [9.17, 15) is 4.79 Å². The first kappa shape index (κ1) is 36.6. The molecule has 3 rings (SSSR count). The van der Waals surface area contributed by atoms with Crippen molar-refractivity contribution in [1.82, 2.24) is 5.32 Å². The molecule has 0 saturated heterocycles. The van der Waals surface area contributed by atoms with Gasteiger partial charge in [0.25, 0.3) is 6.47 Å². The van der Waals surface area contributed by atoms with E-state index in [2.05, 4.69) is 52.5 Å². The second-order valence-electron chi connectivity index (χ2n) is 9.43. The number of amides is 1. The Balaban J connectivity index is 0.00000159. The van der Waals surface area contributed by atoms with Gasteiger partial charge in [0.1, 0.15) is 12.4 Å². The number of methoxy groups -OCH3 is 1. The Kier molecular flexibility index (Phi) is 19.0. The molecule has 0 bridgehead atoms. The maximum absolute atomic E-state index is 11.8. The van der Waals surface area contributed by atoms with Gasteiger partial charge in [-0.3, -0.25) is 9.59 Å². The number of nitrogens with two attached hydrogens (primary N) is 2. The van der Waals surface area contributed by atoms with Crippen LogP contribution in [-0.4, -0.2) is 92.0 Å². The molecule has 0 fully saturated rings. The summed E-state index contributed by atoms with van der Waals surface area (Å²) in [6.45, 7) is 7.50. The van der Waals surface area contributed by atoms with E-state index in [1.165, 1.54) is 7.11 Å². The molecule has 242 valence electrons. The molecule has 1 atom stereocenters. The number of nitrogens with one attached hydrogen (secondary N) is 1. The number of hydrogen-bond acceptors (Lipinski definition) is 10. The molecule has 1 amide bonds. The van der Waals surface area contributed by atoms with Crippen molar-refractivity contribution in [3.05, 3.63) is 66.2 Å². The molecule has 0 aromatic heterocycles. The number of fused-ring (bicyclic) bond motifs is 1. The predicted molar refractivity (Wildman–Crippen MR) is 171 cm³/mol. The van der Waals surface area contributed by atoms with Crippen LogP contribution in [0.15, 0.2) is 60.7 Å². The van der Waals surface area contributed by atoms with E-state index < -0.39 is 0 Å². The largest absolute Gasteiger partial charge is 0.491 e. The highest BCUT2D eigenvalue weighted by molar-refractivity contribution is 6.00. The van der Waals surface area contributed by atoms with Gasteiger partial charge >= 0.3 is 0 Å². The minimum atomic E-state index is -0.154. The van der Waals surface area contributed by atoms with Crippen LogP contribution in [0.2, 0.25) is 0 Å². The summed E-state index contributed by atoms with van der Waals surface area (Å²) in [6.07, 6.45) is 0.790. The van der Waals surface area contributed by atoms with Crippen molar-refractivity contribution in [1.29, 1.82) is 0 Å². The van der Waals surface area contributed by atoms with E-state index in [0.717, 1.165) is 39.6 Å². The maximum atomic E-state index is 11.8. The summed E-state index contributed by atoms with van der Waals surface area (Å²) in [5.74, 6) is 0.664. The number of ether oxygens (including phenoxy) is 6. The van der Waals surface area contributed by atoms with Gasteiger partial charge in [0.2, 0.25) is 5.91 Å². The zero-order valence-electron chi connectivity index (χ0n) is 25.8. The molecule has 0 aliphatic rings. The highest BCUT2D eigenvalue weighted by Gasteiger charge is 2.13. The van der Waals surface area contributed by atoms with Crippen molar-refractivity contribution < 1.29 is 38.0 Å². The molecule has 0 radical (unpaired) electrons. The van der Waals surface area contributed by atoms with E-state index in [0.29, 0.717) is 72.5 Å². The Morgan fingerprint density at radius 2 is 1.32 bits per heavy atom. The molecule has 0 saturated carbocycles. The van der Waals surface area contributed by atoms with Gasteiger partial charge in [0.15, 0.2) is 0 Å². The summed E-state index contributed by atoms with van der Waals surface area (Å²) in [6, 6.07) is 20.6. The van der Waals surface area contributed by atoms with Gasteiger partial charge in [-0.25, -0.2) is 0 Å². The average Bonchev–Trinajstić information content (AvgIpc) is 3.07. The van der Waals surface area contributed by atoms with Crippen LogP contribution in [0, 0.1) is 0 Å². The highest BCUT2D eigenvalue weighted by Crippen LogP contribution is 2.35. The monoisotopic (exact) mass is 613 g/mol. The Bertz CT molecular complexity index is 1210. The molecule has 11 nitrogen and oxygen atoms in total. The summed E-state index contributed by atoms with van der Waals surface area (Å²) in [5.41, 5.74) is 14.1. The fraction of sp³-hybridized carbons (Fsp3) is 0.455. The Morgan fingerprint density at radius 3 is 1.84 bits per heavy atom. The van der Waals surface area contributed by atoms with Crippen LogP contribution in [0.5, 0.6) is 5.75 Å². The minimum absolute atomic E-state index is 0.0150. The molecule has 0 aliphatic heterocycles. The molecule has 44 heavy (non-hydrogen) atoms. The van der Waals surface area contributed by atoms with Crippen molar-refractivity contribution in [3.63, 3.8) is 0 Å². The summed E-state index contributed by atoms with van der Waals surface area (Å²) in [4.78, 5) is 20.7. The van der Waals surface area contributed by atoms with Crippen LogP contribution in [0.25, 0.3) is 21.9 Å². The molecular weight excluding hydrogens is 566 g/mol. The molecule has 5 N–H and O–H groups in total.